The van der Waals surface area contributed by atoms with Gasteiger partial charge in [0.05, 0.1) is 5.69 Å². The maximum absolute atomic E-state index is 12.0. The van der Waals surface area contributed by atoms with Gasteiger partial charge in [0.1, 0.15) is 12.1 Å². The van der Waals surface area contributed by atoms with Gasteiger partial charge in [-0.3, -0.25) is 10.2 Å². The lowest BCUT2D eigenvalue weighted by Crippen LogP contribution is -2.11. The number of hydrogen-bond acceptors (Lipinski definition) is 5. The molecule has 6 nitrogen and oxygen atoms in total. The van der Waals surface area contributed by atoms with Crippen molar-refractivity contribution in [3.63, 3.8) is 0 Å². The largest absolute Gasteiger partial charge is 0.322 e. The molecule has 106 valence electrons. The number of anilines is 2. The van der Waals surface area contributed by atoms with E-state index in [4.69, 9.17) is 10.5 Å². The van der Waals surface area contributed by atoms with Gasteiger partial charge in [0.15, 0.2) is 0 Å². The van der Waals surface area contributed by atoms with Crippen LogP contribution in [0.5, 0.6) is 0 Å². The van der Waals surface area contributed by atoms with Gasteiger partial charge in [-0.15, -0.1) is 0 Å². The molecule has 6 heteroatoms. The lowest BCUT2D eigenvalue weighted by Gasteiger charge is -2.06. The maximum Gasteiger partial charge on any atom is 0.255 e. The van der Waals surface area contributed by atoms with Gasteiger partial charge in [0.2, 0.25) is 5.71 Å². The second-order valence-corrected chi connectivity index (χ2v) is 4.19. The monoisotopic (exact) mass is 289 g/mol. The van der Waals surface area contributed by atoms with Crippen molar-refractivity contribution in [3.8, 4) is 12.1 Å². The number of hydrazone groups is 1. The second-order valence-electron chi connectivity index (χ2n) is 4.19. The Morgan fingerprint density at radius 3 is 2.09 bits per heavy atom. The average Bonchev–Trinajstić information content (AvgIpc) is 2.58. The minimum absolute atomic E-state index is 0.199. The Morgan fingerprint density at radius 1 is 0.909 bits per heavy atom. The molecule has 0 heterocycles. The first-order valence-corrected chi connectivity index (χ1v) is 6.33. The van der Waals surface area contributed by atoms with E-state index in [1.807, 2.05) is 6.07 Å². The van der Waals surface area contributed by atoms with Gasteiger partial charge in [0, 0.05) is 11.3 Å². The van der Waals surface area contributed by atoms with Crippen LogP contribution in [-0.2, 0) is 0 Å². The van der Waals surface area contributed by atoms with E-state index in [2.05, 4.69) is 15.8 Å². The number of nitrogens with zero attached hydrogens (tertiary/aromatic N) is 3. The Bertz CT molecular complexity index is 751. The van der Waals surface area contributed by atoms with E-state index in [1.165, 1.54) is 0 Å². The van der Waals surface area contributed by atoms with Crippen LogP contribution in [-0.4, -0.2) is 11.6 Å². The number of amides is 1. The number of carbonyl (C=O) groups is 1. The van der Waals surface area contributed by atoms with Crippen molar-refractivity contribution >= 4 is 23.0 Å². The summed E-state index contributed by atoms with van der Waals surface area (Å²) in [5.74, 6) is -0.199. The first-order valence-electron chi connectivity index (χ1n) is 6.33. The minimum atomic E-state index is -0.263. The molecule has 2 aromatic rings. The van der Waals surface area contributed by atoms with Crippen molar-refractivity contribution in [1.29, 1.82) is 10.5 Å². The summed E-state index contributed by atoms with van der Waals surface area (Å²) in [5.41, 5.74) is 4.12. The molecule has 0 aliphatic rings. The van der Waals surface area contributed by atoms with Crippen LogP contribution in [0.2, 0.25) is 0 Å². The third-order valence-electron chi connectivity index (χ3n) is 2.69. The van der Waals surface area contributed by atoms with Gasteiger partial charge in [-0.05, 0) is 36.4 Å². The van der Waals surface area contributed by atoms with Crippen molar-refractivity contribution in [2.24, 2.45) is 5.10 Å². The van der Waals surface area contributed by atoms with Crippen LogP contribution in [0.15, 0.2) is 59.7 Å². The zero-order valence-corrected chi connectivity index (χ0v) is 11.4. The first-order chi connectivity index (χ1) is 10.7. The fourth-order valence-electron chi connectivity index (χ4n) is 1.62. The lowest BCUT2D eigenvalue weighted by molar-refractivity contribution is 0.102. The normalized spacial score (nSPS) is 9.00. The summed E-state index contributed by atoms with van der Waals surface area (Å²) < 4.78 is 0. The van der Waals surface area contributed by atoms with Crippen LogP contribution in [0.25, 0.3) is 0 Å². The fourth-order valence-corrected chi connectivity index (χ4v) is 1.62. The summed E-state index contributed by atoms with van der Waals surface area (Å²) in [7, 11) is 0. The molecule has 0 spiro atoms. The number of carbonyl (C=O) groups excluding carboxylic acids is 1. The second kappa shape index (κ2) is 7.22. The quantitative estimate of drug-likeness (QED) is 0.667. The summed E-state index contributed by atoms with van der Waals surface area (Å²) in [6.07, 6.45) is 0. The van der Waals surface area contributed by atoms with Crippen LogP contribution < -0.4 is 10.7 Å². The van der Waals surface area contributed by atoms with Crippen LogP contribution in [0, 0.1) is 22.7 Å². The molecule has 0 atom stereocenters. The summed E-state index contributed by atoms with van der Waals surface area (Å²) in [6.45, 7) is 0. The molecule has 0 bridgehead atoms. The van der Waals surface area contributed by atoms with E-state index in [1.54, 1.807) is 60.7 Å². The minimum Gasteiger partial charge on any atom is -0.322 e. The summed E-state index contributed by atoms with van der Waals surface area (Å²) >= 11 is 0. The molecule has 2 N–H and O–H groups in total. The standard InChI is InChI=1S/C16H11N5O/c17-10-15(11-18)21-20-14-8-6-13(7-9-14)19-16(22)12-4-2-1-3-5-12/h1-9,20H,(H,19,22). The first kappa shape index (κ1) is 14.8. The summed E-state index contributed by atoms with van der Waals surface area (Å²) in [6, 6.07) is 18.9. The van der Waals surface area contributed by atoms with Crippen molar-refractivity contribution in [2.45, 2.75) is 0 Å². The molecule has 22 heavy (non-hydrogen) atoms. The number of nitrogens with one attached hydrogen (secondary N) is 2. The molecule has 2 aromatic carbocycles. The van der Waals surface area contributed by atoms with E-state index in [9.17, 15) is 4.79 Å². The van der Waals surface area contributed by atoms with E-state index in [0.717, 1.165) is 0 Å². The van der Waals surface area contributed by atoms with E-state index in [-0.39, 0.29) is 11.6 Å². The molecular formula is C16H11N5O. The molecule has 0 saturated carbocycles. The Morgan fingerprint density at radius 2 is 1.50 bits per heavy atom. The highest BCUT2D eigenvalue weighted by molar-refractivity contribution is 6.10. The SMILES string of the molecule is N#CC(C#N)=NNc1ccc(NC(=O)c2ccccc2)cc1. The Hall–Kier alpha value is -3.64. The Labute approximate surface area is 127 Å². The van der Waals surface area contributed by atoms with Crippen molar-refractivity contribution in [3.05, 3.63) is 60.2 Å². The average molecular weight is 289 g/mol. The van der Waals surface area contributed by atoms with Gasteiger partial charge in [-0.2, -0.15) is 15.6 Å². The molecule has 0 saturated heterocycles. The number of rotatable bonds is 4. The van der Waals surface area contributed by atoms with E-state index >= 15 is 0 Å². The third-order valence-corrected chi connectivity index (χ3v) is 2.69. The van der Waals surface area contributed by atoms with Gasteiger partial charge < -0.3 is 5.32 Å². The van der Waals surface area contributed by atoms with Gasteiger partial charge >= 0.3 is 0 Å². The van der Waals surface area contributed by atoms with Crippen molar-refractivity contribution in [2.75, 3.05) is 10.7 Å². The lowest BCUT2D eigenvalue weighted by atomic mass is 10.2. The predicted molar refractivity (Wildman–Crippen MR) is 83.1 cm³/mol. The highest BCUT2D eigenvalue weighted by Crippen LogP contribution is 2.14. The van der Waals surface area contributed by atoms with Crippen LogP contribution in [0.3, 0.4) is 0 Å². The molecule has 1 amide bonds. The molecule has 0 aliphatic carbocycles. The number of hydrogen-bond donors (Lipinski definition) is 2. The van der Waals surface area contributed by atoms with Crippen molar-refractivity contribution < 1.29 is 4.79 Å². The third kappa shape index (κ3) is 3.92. The van der Waals surface area contributed by atoms with Gasteiger partial charge in [0.25, 0.3) is 5.91 Å². The van der Waals surface area contributed by atoms with Crippen molar-refractivity contribution in [1.82, 2.24) is 0 Å². The van der Waals surface area contributed by atoms with Gasteiger partial charge in [-0.1, -0.05) is 18.2 Å². The zero-order chi connectivity index (χ0) is 15.8. The molecular weight excluding hydrogens is 278 g/mol. The number of benzene rings is 2. The molecule has 0 aromatic heterocycles. The van der Waals surface area contributed by atoms with Crippen LogP contribution in [0.4, 0.5) is 11.4 Å². The molecule has 0 radical (unpaired) electrons. The zero-order valence-electron chi connectivity index (χ0n) is 11.4. The molecule has 2 rings (SSSR count). The molecule has 0 unspecified atom stereocenters. The van der Waals surface area contributed by atoms with Crippen LogP contribution in [0.1, 0.15) is 10.4 Å². The number of nitriles is 2. The fraction of sp³-hybridized carbons (Fsp3) is 0. The summed E-state index contributed by atoms with van der Waals surface area (Å²) in [5, 5.41) is 23.5. The van der Waals surface area contributed by atoms with E-state index < -0.39 is 0 Å². The smallest absolute Gasteiger partial charge is 0.255 e. The Balaban J connectivity index is 2.01. The van der Waals surface area contributed by atoms with E-state index in [0.29, 0.717) is 16.9 Å². The highest BCUT2D eigenvalue weighted by atomic mass is 16.1. The highest BCUT2D eigenvalue weighted by Gasteiger charge is 2.04. The van der Waals surface area contributed by atoms with Gasteiger partial charge in [-0.25, -0.2) is 0 Å². The topological polar surface area (TPSA) is 101 Å². The molecule has 0 fully saturated rings. The predicted octanol–water partition coefficient (Wildman–Crippen LogP) is 2.75. The summed E-state index contributed by atoms with van der Waals surface area (Å²) in [4.78, 5) is 12.0. The van der Waals surface area contributed by atoms with Crippen LogP contribution >= 0.6 is 0 Å². The Kier molecular flexibility index (Phi) is 4.85. The molecule has 0 aliphatic heterocycles. The maximum atomic E-state index is 12.0.